The quantitative estimate of drug-likeness (QED) is 0.784. The summed E-state index contributed by atoms with van der Waals surface area (Å²) in [7, 11) is 0. The van der Waals surface area contributed by atoms with Gasteiger partial charge in [0.2, 0.25) is 0 Å². The Morgan fingerprint density at radius 1 is 1.30 bits per heavy atom. The van der Waals surface area contributed by atoms with Gasteiger partial charge in [-0.25, -0.2) is 4.68 Å². The molecule has 4 heteroatoms. The van der Waals surface area contributed by atoms with Crippen LogP contribution in [0.25, 0.3) is 5.69 Å². The predicted molar refractivity (Wildman–Crippen MR) is 76.1 cm³/mol. The van der Waals surface area contributed by atoms with E-state index < -0.39 is 0 Å². The Labute approximate surface area is 118 Å². The van der Waals surface area contributed by atoms with E-state index in [9.17, 15) is 4.79 Å². The third-order valence-electron chi connectivity index (χ3n) is 3.65. The molecule has 1 aliphatic heterocycles. The van der Waals surface area contributed by atoms with E-state index in [1.54, 1.807) is 16.9 Å². The maximum Gasteiger partial charge on any atom is 0.181 e. The van der Waals surface area contributed by atoms with E-state index in [0.29, 0.717) is 12.1 Å². The minimum Gasteiger partial charge on any atom is -0.378 e. The fraction of sp³-hybridized carbons (Fsp3) is 0.375. The number of ketones is 1. The summed E-state index contributed by atoms with van der Waals surface area (Å²) in [6, 6.07) is 11.5. The molecule has 0 aliphatic carbocycles. The summed E-state index contributed by atoms with van der Waals surface area (Å²) in [5.41, 5.74) is 1.56. The molecule has 4 nitrogen and oxygen atoms in total. The lowest BCUT2D eigenvalue weighted by atomic mass is 10.1. The topological polar surface area (TPSA) is 44.1 Å². The number of ether oxygens (including phenoxy) is 1. The minimum absolute atomic E-state index is 0.127. The standard InChI is InChI=1S/C16H18N2O2/c19-16(9-8-14-7-4-12-20-14)15-10-11-17-18(15)13-5-2-1-3-6-13/h1-3,5-6,10-11,14H,4,7-9,12H2. The van der Waals surface area contributed by atoms with Gasteiger partial charge in [0.25, 0.3) is 0 Å². The molecule has 2 aromatic rings. The van der Waals surface area contributed by atoms with E-state index in [2.05, 4.69) is 5.10 Å². The fourth-order valence-electron chi connectivity index (χ4n) is 2.58. The van der Waals surface area contributed by atoms with Gasteiger partial charge < -0.3 is 4.74 Å². The Morgan fingerprint density at radius 3 is 2.90 bits per heavy atom. The number of hydrogen-bond acceptors (Lipinski definition) is 3. The largest absolute Gasteiger partial charge is 0.378 e. The number of aromatic nitrogens is 2. The lowest BCUT2D eigenvalue weighted by Gasteiger charge is -2.09. The van der Waals surface area contributed by atoms with Crippen molar-refractivity contribution in [2.24, 2.45) is 0 Å². The molecule has 0 amide bonds. The van der Waals surface area contributed by atoms with Crippen molar-refractivity contribution < 1.29 is 9.53 Å². The van der Waals surface area contributed by atoms with Crippen molar-refractivity contribution in [3.05, 3.63) is 48.3 Å². The van der Waals surface area contributed by atoms with Crippen molar-refractivity contribution in [1.82, 2.24) is 9.78 Å². The van der Waals surface area contributed by atoms with Crippen molar-refractivity contribution in [1.29, 1.82) is 0 Å². The number of carbonyl (C=O) groups is 1. The summed E-state index contributed by atoms with van der Waals surface area (Å²) in [5, 5.41) is 4.25. The van der Waals surface area contributed by atoms with E-state index in [-0.39, 0.29) is 11.9 Å². The van der Waals surface area contributed by atoms with E-state index >= 15 is 0 Å². The third-order valence-corrected chi connectivity index (χ3v) is 3.65. The van der Waals surface area contributed by atoms with Gasteiger partial charge in [-0.1, -0.05) is 18.2 Å². The molecule has 1 aromatic carbocycles. The number of hydrogen-bond donors (Lipinski definition) is 0. The number of Topliss-reactive ketones (excluding diaryl/α,β-unsaturated/α-hetero) is 1. The van der Waals surface area contributed by atoms with E-state index in [1.807, 2.05) is 30.3 Å². The Bertz CT molecular complexity index is 571. The molecule has 2 heterocycles. The predicted octanol–water partition coefficient (Wildman–Crippen LogP) is 3.01. The van der Waals surface area contributed by atoms with Gasteiger partial charge in [-0.15, -0.1) is 0 Å². The van der Waals surface area contributed by atoms with Gasteiger partial charge in [-0.3, -0.25) is 4.79 Å². The molecule has 3 rings (SSSR count). The Balaban J connectivity index is 1.70. The zero-order valence-corrected chi connectivity index (χ0v) is 11.4. The van der Waals surface area contributed by atoms with Crippen LogP contribution in [0.15, 0.2) is 42.6 Å². The number of benzene rings is 1. The van der Waals surface area contributed by atoms with Crippen molar-refractivity contribution >= 4 is 5.78 Å². The number of rotatable bonds is 5. The molecular formula is C16H18N2O2. The van der Waals surface area contributed by atoms with Crippen LogP contribution in [0.5, 0.6) is 0 Å². The van der Waals surface area contributed by atoms with Gasteiger partial charge in [-0.2, -0.15) is 5.10 Å². The van der Waals surface area contributed by atoms with Crippen LogP contribution in [-0.2, 0) is 4.74 Å². The second kappa shape index (κ2) is 6.01. The highest BCUT2D eigenvalue weighted by Crippen LogP contribution is 2.19. The molecule has 0 N–H and O–H groups in total. The van der Waals surface area contributed by atoms with Gasteiger partial charge in [0.1, 0.15) is 5.69 Å². The molecular weight excluding hydrogens is 252 g/mol. The van der Waals surface area contributed by atoms with Crippen LogP contribution in [0.2, 0.25) is 0 Å². The summed E-state index contributed by atoms with van der Waals surface area (Å²) < 4.78 is 7.27. The fourth-order valence-corrected chi connectivity index (χ4v) is 2.58. The molecule has 1 unspecified atom stereocenters. The van der Waals surface area contributed by atoms with Gasteiger partial charge in [0, 0.05) is 13.0 Å². The lowest BCUT2D eigenvalue weighted by Crippen LogP contribution is -2.12. The van der Waals surface area contributed by atoms with E-state index in [0.717, 1.165) is 31.6 Å². The monoisotopic (exact) mass is 270 g/mol. The van der Waals surface area contributed by atoms with Gasteiger partial charge in [-0.05, 0) is 37.5 Å². The minimum atomic E-state index is 0.127. The molecule has 1 atom stereocenters. The maximum absolute atomic E-state index is 12.3. The van der Waals surface area contributed by atoms with Crippen LogP contribution in [-0.4, -0.2) is 28.3 Å². The maximum atomic E-state index is 12.3. The molecule has 1 fully saturated rings. The van der Waals surface area contributed by atoms with Gasteiger partial charge >= 0.3 is 0 Å². The van der Waals surface area contributed by atoms with Crippen LogP contribution in [0.4, 0.5) is 0 Å². The number of nitrogens with zero attached hydrogens (tertiary/aromatic N) is 2. The van der Waals surface area contributed by atoms with Crippen LogP contribution in [0.3, 0.4) is 0 Å². The Morgan fingerprint density at radius 2 is 2.15 bits per heavy atom. The second-order valence-corrected chi connectivity index (χ2v) is 5.06. The number of carbonyl (C=O) groups excluding carboxylic acids is 1. The van der Waals surface area contributed by atoms with Crippen LogP contribution >= 0.6 is 0 Å². The molecule has 0 radical (unpaired) electrons. The summed E-state index contributed by atoms with van der Waals surface area (Å²) in [6.45, 7) is 0.834. The molecule has 1 saturated heterocycles. The molecule has 0 saturated carbocycles. The van der Waals surface area contributed by atoms with Gasteiger partial charge in [0.05, 0.1) is 18.0 Å². The molecule has 1 aromatic heterocycles. The zero-order valence-electron chi connectivity index (χ0n) is 11.4. The van der Waals surface area contributed by atoms with Crippen molar-refractivity contribution in [3.8, 4) is 5.69 Å². The summed E-state index contributed by atoms with van der Waals surface area (Å²) in [5.74, 6) is 0.127. The van der Waals surface area contributed by atoms with Crippen LogP contribution < -0.4 is 0 Å². The molecule has 1 aliphatic rings. The van der Waals surface area contributed by atoms with E-state index in [4.69, 9.17) is 4.74 Å². The van der Waals surface area contributed by atoms with Gasteiger partial charge in [0.15, 0.2) is 5.78 Å². The smallest absolute Gasteiger partial charge is 0.181 e. The first-order valence-electron chi connectivity index (χ1n) is 7.09. The Hall–Kier alpha value is -1.94. The highest BCUT2D eigenvalue weighted by Gasteiger charge is 2.19. The highest BCUT2D eigenvalue weighted by atomic mass is 16.5. The van der Waals surface area contributed by atoms with Crippen molar-refractivity contribution in [2.75, 3.05) is 6.61 Å². The lowest BCUT2D eigenvalue weighted by molar-refractivity contribution is 0.0854. The van der Waals surface area contributed by atoms with Crippen LogP contribution in [0.1, 0.15) is 36.2 Å². The van der Waals surface area contributed by atoms with E-state index in [1.165, 1.54) is 0 Å². The molecule has 104 valence electrons. The Kier molecular flexibility index (Phi) is 3.92. The van der Waals surface area contributed by atoms with Crippen molar-refractivity contribution in [3.63, 3.8) is 0 Å². The molecule has 20 heavy (non-hydrogen) atoms. The first-order valence-corrected chi connectivity index (χ1v) is 7.09. The summed E-state index contributed by atoms with van der Waals surface area (Å²) in [4.78, 5) is 12.3. The SMILES string of the molecule is O=C(CCC1CCCO1)c1ccnn1-c1ccccc1. The second-order valence-electron chi connectivity index (χ2n) is 5.06. The average molecular weight is 270 g/mol. The zero-order chi connectivity index (χ0) is 13.8. The highest BCUT2D eigenvalue weighted by molar-refractivity contribution is 5.94. The number of para-hydroxylation sites is 1. The first kappa shape index (κ1) is 13.1. The first-order chi connectivity index (χ1) is 9.84. The van der Waals surface area contributed by atoms with Crippen molar-refractivity contribution in [2.45, 2.75) is 31.8 Å². The normalized spacial score (nSPS) is 18.3. The summed E-state index contributed by atoms with van der Waals surface area (Å²) >= 11 is 0. The molecule has 0 bridgehead atoms. The van der Waals surface area contributed by atoms with Crippen LogP contribution in [0, 0.1) is 0 Å². The average Bonchev–Trinajstić information content (AvgIpc) is 3.17. The third kappa shape index (κ3) is 2.80. The molecule has 0 spiro atoms. The summed E-state index contributed by atoms with van der Waals surface area (Å²) in [6.07, 6.45) is 5.44.